The maximum Gasteiger partial charge on any atom is 0.416 e. The van der Waals surface area contributed by atoms with Gasteiger partial charge in [0.25, 0.3) is 5.91 Å². The van der Waals surface area contributed by atoms with Gasteiger partial charge >= 0.3 is 6.18 Å². The van der Waals surface area contributed by atoms with Crippen molar-refractivity contribution >= 4 is 17.5 Å². The zero-order chi connectivity index (χ0) is 19.3. The molecule has 0 spiro atoms. The van der Waals surface area contributed by atoms with Crippen molar-refractivity contribution in [1.82, 2.24) is 15.0 Å². The molecule has 9 heteroatoms. The van der Waals surface area contributed by atoms with Gasteiger partial charge in [0.1, 0.15) is 0 Å². The fraction of sp³-hybridized carbons (Fsp3) is 0.111. The second-order valence-electron chi connectivity index (χ2n) is 5.50. The molecule has 0 saturated heterocycles. The van der Waals surface area contributed by atoms with Crippen molar-refractivity contribution in [2.75, 3.05) is 10.6 Å². The van der Waals surface area contributed by atoms with Crippen LogP contribution in [0.15, 0.2) is 61.1 Å². The number of aromatic nitrogens is 3. The van der Waals surface area contributed by atoms with Crippen LogP contribution < -0.4 is 10.6 Å². The summed E-state index contributed by atoms with van der Waals surface area (Å²) in [5, 5.41) is 5.36. The number of benzene rings is 1. The molecule has 0 saturated carbocycles. The van der Waals surface area contributed by atoms with Crippen molar-refractivity contribution in [2.24, 2.45) is 0 Å². The van der Waals surface area contributed by atoms with Gasteiger partial charge in [0.2, 0.25) is 5.95 Å². The Morgan fingerprint density at radius 1 is 1.00 bits per heavy atom. The maximum atomic E-state index is 12.7. The van der Waals surface area contributed by atoms with Crippen LogP contribution in [0, 0.1) is 0 Å². The average Bonchev–Trinajstić information content (AvgIpc) is 2.67. The molecule has 2 aromatic heterocycles. The Balaban J connectivity index is 1.62. The van der Waals surface area contributed by atoms with Crippen LogP contribution in [0.5, 0.6) is 0 Å². The van der Waals surface area contributed by atoms with Crippen LogP contribution in [0.3, 0.4) is 0 Å². The number of amides is 1. The molecular formula is C18H14F3N5O. The topological polar surface area (TPSA) is 79.8 Å². The number of carbonyl (C=O) groups is 1. The number of hydrogen-bond donors (Lipinski definition) is 2. The van der Waals surface area contributed by atoms with E-state index in [4.69, 9.17) is 0 Å². The lowest BCUT2D eigenvalue weighted by Gasteiger charge is -2.10. The van der Waals surface area contributed by atoms with E-state index in [0.29, 0.717) is 12.5 Å². The maximum absolute atomic E-state index is 12.7. The van der Waals surface area contributed by atoms with Crippen molar-refractivity contribution < 1.29 is 18.0 Å². The van der Waals surface area contributed by atoms with Crippen LogP contribution in [0.2, 0.25) is 0 Å². The molecule has 6 nitrogen and oxygen atoms in total. The van der Waals surface area contributed by atoms with Crippen molar-refractivity contribution in [3.05, 3.63) is 77.9 Å². The zero-order valence-electron chi connectivity index (χ0n) is 13.9. The molecule has 1 amide bonds. The number of pyridine rings is 1. The van der Waals surface area contributed by atoms with E-state index in [9.17, 15) is 18.0 Å². The predicted octanol–water partition coefficient (Wildman–Crippen LogP) is 3.75. The lowest BCUT2D eigenvalue weighted by molar-refractivity contribution is -0.137. The monoisotopic (exact) mass is 373 g/mol. The Morgan fingerprint density at radius 3 is 2.44 bits per heavy atom. The predicted molar refractivity (Wildman–Crippen MR) is 93.0 cm³/mol. The number of carbonyl (C=O) groups excluding carboxylic acids is 1. The van der Waals surface area contributed by atoms with E-state index in [0.717, 1.165) is 17.8 Å². The van der Waals surface area contributed by atoms with Crippen LogP contribution in [0.1, 0.15) is 21.6 Å². The highest BCUT2D eigenvalue weighted by Gasteiger charge is 2.30. The summed E-state index contributed by atoms with van der Waals surface area (Å²) >= 11 is 0. The minimum atomic E-state index is -4.48. The Labute approximate surface area is 152 Å². The van der Waals surface area contributed by atoms with Crippen LogP contribution in [-0.4, -0.2) is 20.9 Å². The molecule has 2 heterocycles. The largest absolute Gasteiger partial charge is 0.416 e. The number of hydrogen-bond acceptors (Lipinski definition) is 5. The smallest absolute Gasteiger partial charge is 0.349 e. The summed E-state index contributed by atoms with van der Waals surface area (Å²) in [4.78, 5) is 24.4. The molecule has 3 rings (SSSR count). The molecule has 138 valence electrons. The normalized spacial score (nSPS) is 11.1. The first-order valence-electron chi connectivity index (χ1n) is 7.86. The summed E-state index contributed by atoms with van der Waals surface area (Å²) in [6.07, 6.45) is -0.239. The average molecular weight is 373 g/mol. The van der Waals surface area contributed by atoms with Crippen LogP contribution >= 0.6 is 0 Å². The third-order valence-electron chi connectivity index (χ3n) is 3.52. The van der Waals surface area contributed by atoms with E-state index < -0.39 is 17.6 Å². The highest BCUT2D eigenvalue weighted by Crippen LogP contribution is 2.30. The van der Waals surface area contributed by atoms with Gasteiger partial charge in [-0.25, -0.2) is 9.97 Å². The first kappa shape index (κ1) is 18.3. The van der Waals surface area contributed by atoms with E-state index >= 15 is 0 Å². The fourth-order valence-electron chi connectivity index (χ4n) is 2.19. The van der Waals surface area contributed by atoms with E-state index in [2.05, 4.69) is 25.6 Å². The second kappa shape index (κ2) is 7.81. The van der Waals surface area contributed by atoms with Gasteiger partial charge in [-0.15, -0.1) is 0 Å². The summed E-state index contributed by atoms with van der Waals surface area (Å²) in [5.41, 5.74) is 0.112. The molecule has 3 aromatic rings. The Bertz CT molecular complexity index is 914. The molecule has 0 bridgehead atoms. The summed E-state index contributed by atoms with van der Waals surface area (Å²) in [6.45, 7) is 0.413. The van der Waals surface area contributed by atoms with E-state index in [-0.39, 0.29) is 11.3 Å². The Hall–Kier alpha value is -3.49. The molecule has 0 unspecified atom stereocenters. The standard InChI is InChI=1S/C18H14F3N5O/c19-18(20,21)13-4-3-6-14(8-13)26-16(27)12-9-23-17(24-10-12)25-11-15-5-1-2-7-22-15/h1-10H,11H2,(H,26,27)(H,23,24,25). The minimum Gasteiger partial charge on any atom is -0.349 e. The number of alkyl halides is 3. The van der Waals surface area contributed by atoms with Crippen LogP contribution in [0.25, 0.3) is 0 Å². The number of halogens is 3. The number of rotatable bonds is 5. The molecule has 0 aliphatic rings. The van der Waals surface area contributed by atoms with Gasteiger partial charge in [0.05, 0.1) is 23.4 Å². The quantitative estimate of drug-likeness (QED) is 0.712. The molecule has 1 aromatic carbocycles. The molecule has 0 fully saturated rings. The molecule has 27 heavy (non-hydrogen) atoms. The van der Waals surface area contributed by atoms with Crippen molar-refractivity contribution in [3.63, 3.8) is 0 Å². The fourth-order valence-corrected chi connectivity index (χ4v) is 2.19. The Kier molecular flexibility index (Phi) is 5.30. The van der Waals surface area contributed by atoms with Gasteiger partial charge in [0.15, 0.2) is 0 Å². The third kappa shape index (κ3) is 5.00. The second-order valence-corrected chi connectivity index (χ2v) is 5.50. The minimum absolute atomic E-state index is 0.0344. The zero-order valence-corrected chi connectivity index (χ0v) is 13.9. The van der Waals surface area contributed by atoms with E-state index in [1.807, 2.05) is 12.1 Å². The van der Waals surface area contributed by atoms with Gasteiger partial charge in [-0.05, 0) is 30.3 Å². The van der Waals surface area contributed by atoms with Gasteiger partial charge in [-0.1, -0.05) is 12.1 Å². The van der Waals surface area contributed by atoms with Gasteiger partial charge in [0, 0.05) is 24.3 Å². The first-order chi connectivity index (χ1) is 12.9. The molecule has 0 atom stereocenters. The third-order valence-corrected chi connectivity index (χ3v) is 3.52. The molecule has 0 radical (unpaired) electrons. The number of anilines is 2. The summed E-state index contributed by atoms with van der Waals surface area (Å²) < 4.78 is 38.2. The number of nitrogens with zero attached hydrogens (tertiary/aromatic N) is 3. The number of nitrogens with one attached hydrogen (secondary N) is 2. The molecule has 2 N–H and O–H groups in total. The van der Waals surface area contributed by atoms with Crippen LogP contribution in [0.4, 0.5) is 24.8 Å². The SMILES string of the molecule is O=C(Nc1cccc(C(F)(F)F)c1)c1cnc(NCc2ccccn2)nc1. The summed E-state index contributed by atoms with van der Waals surface area (Å²) in [6, 6.07) is 9.88. The lowest BCUT2D eigenvalue weighted by atomic mass is 10.2. The van der Waals surface area contributed by atoms with Crippen molar-refractivity contribution in [1.29, 1.82) is 0 Å². The van der Waals surface area contributed by atoms with Gasteiger partial charge in [-0.3, -0.25) is 9.78 Å². The molecule has 0 aliphatic heterocycles. The summed E-state index contributed by atoms with van der Waals surface area (Å²) in [5.74, 6) is -0.304. The van der Waals surface area contributed by atoms with Gasteiger partial charge in [-0.2, -0.15) is 13.2 Å². The van der Waals surface area contributed by atoms with Crippen molar-refractivity contribution in [3.8, 4) is 0 Å². The lowest BCUT2D eigenvalue weighted by Crippen LogP contribution is -2.14. The summed E-state index contributed by atoms with van der Waals surface area (Å²) in [7, 11) is 0. The highest BCUT2D eigenvalue weighted by atomic mass is 19.4. The first-order valence-corrected chi connectivity index (χ1v) is 7.86. The van der Waals surface area contributed by atoms with Crippen molar-refractivity contribution in [2.45, 2.75) is 12.7 Å². The van der Waals surface area contributed by atoms with Gasteiger partial charge < -0.3 is 10.6 Å². The Morgan fingerprint density at radius 2 is 1.78 bits per heavy atom. The van der Waals surface area contributed by atoms with E-state index in [1.165, 1.54) is 24.5 Å². The highest BCUT2D eigenvalue weighted by molar-refractivity contribution is 6.03. The van der Waals surface area contributed by atoms with E-state index in [1.54, 1.807) is 12.3 Å². The molecular weight excluding hydrogens is 359 g/mol. The molecule has 0 aliphatic carbocycles. The van der Waals surface area contributed by atoms with Crippen LogP contribution in [-0.2, 0) is 12.7 Å².